The Morgan fingerprint density at radius 2 is 2.04 bits per heavy atom. The molecule has 1 aromatic heterocycles. The van der Waals surface area contributed by atoms with Gasteiger partial charge in [-0.15, -0.1) is 0 Å². The number of aryl methyl sites for hydroxylation is 1. The van der Waals surface area contributed by atoms with Gasteiger partial charge in [0.25, 0.3) is 0 Å². The standard InChI is InChI=1S/C18H27N5O/c1-15(2)24-17-8-6-16(7-9-17)14-21-18(19-3)20-10-4-12-23-13-5-11-22-23/h5-9,11,13,15H,4,10,12,14H2,1-3H3,(H2,19,20,21). The summed E-state index contributed by atoms with van der Waals surface area (Å²) in [5.74, 6) is 1.70. The van der Waals surface area contributed by atoms with E-state index in [4.69, 9.17) is 4.74 Å². The first-order valence-corrected chi connectivity index (χ1v) is 8.35. The second-order valence-corrected chi connectivity index (χ2v) is 5.79. The third-order valence-electron chi connectivity index (χ3n) is 3.39. The molecule has 6 nitrogen and oxygen atoms in total. The number of rotatable bonds is 8. The lowest BCUT2D eigenvalue weighted by atomic mass is 10.2. The fraction of sp³-hybridized carbons (Fsp3) is 0.444. The maximum Gasteiger partial charge on any atom is 0.191 e. The van der Waals surface area contributed by atoms with Gasteiger partial charge in [0.2, 0.25) is 0 Å². The van der Waals surface area contributed by atoms with Gasteiger partial charge in [0.05, 0.1) is 6.10 Å². The van der Waals surface area contributed by atoms with Gasteiger partial charge in [-0.1, -0.05) is 12.1 Å². The van der Waals surface area contributed by atoms with E-state index in [1.165, 1.54) is 5.56 Å². The Kier molecular flexibility index (Phi) is 7.14. The summed E-state index contributed by atoms with van der Waals surface area (Å²) in [6, 6.07) is 10.1. The van der Waals surface area contributed by atoms with Crippen LogP contribution in [0.25, 0.3) is 0 Å². The summed E-state index contributed by atoms with van der Waals surface area (Å²) in [5, 5.41) is 10.8. The molecular weight excluding hydrogens is 302 g/mol. The van der Waals surface area contributed by atoms with Gasteiger partial charge < -0.3 is 15.4 Å². The van der Waals surface area contributed by atoms with E-state index in [-0.39, 0.29) is 6.10 Å². The van der Waals surface area contributed by atoms with E-state index in [1.54, 1.807) is 13.2 Å². The molecule has 0 atom stereocenters. The Hall–Kier alpha value is -2.50. The summed E-state index contributed by atoms with van der Waals surface area (Å²) >= 11 is 0. The molecule has 0 amide bonds. The van der Waals surface area contributed by atoms with E-state index in [0.29, 0.717) is 0 Å². The van der Waals surface area contributed by atoms with Crippen LogP contribution >= 0.6 is 0 Å². The maximum atomic E-state index is 5.65. The average molecular weight is 329 g/mol. The highest BCUT2D eigenvalue weighted by atomic mass is 16.5. The highest BCUT2D eigenvalue weighted by Crippen LogP contribution is 2.13. The third kappa shape index (κ3) is 6.32. The van der Waals surface area contributed by atoms with Crippen molar-refractivity contribution in [1.82, 2.24) is 20.4 Å². The lowest BCUT2D eigenvalue weighted by Gasteiger charge is -2.13. The van der Waals surface area contributed by atoms with E-state index >= 15 is 0 Å². The number of nitrogens with one attached hydrogen (secondary N) is 2. The zero-order valence-electron chi connectivity index (χ0n) is 14.7. The highest BCUT2D eigenvalue weighted by Gasteiger charge is 2.00. The average Bonchev–Trinajstić information content (AvgIpc) is 3.08. The molecule has 0 fully saturated rings. The largest absolute Gasteiger partial charge is 0.491 e. The molecule has 0 spiro atoms. The Balaban J connectivity index is 1.69. The molecule has 0 saturated carbocycles. The molecule has 0 unspecified atom stereocenters. The predicted molar refractivity (Wildman–Crippen MR) is 97.3 cm³/mol. The second-order valence-electron chi connectivity index (χ2n) is 5.79. The number of guanidine groups is 1. The lowest BCUT2D eigenvalue weighted by molar-refractivity contribution is 0.242. The van der Waals surface area contributed by atoms with Gasteiger partial charge in [0.1, 0.15) is 5.75 Å². The van der Waals surface area contributed by atoms with E-state index in [9.17, 15) is 0 Å². The van der Waals surface area contributed by atoms with Gasteiger partial charge in [0, 0.05) is 39.1 Å². The van der Waals surface area contributed by atoms with Gasteiger partial charge in [-0.05, 0) is 44.0 Å². The van der Waals surface area contributed by atoms with Gasteiger partial charge >= 0.3 is 0 Å². The Labute approximate surface area is 143 Å². The van der Waals surface area contributed by atoms with Crippen LogP contribution in [0, 0.1) is 0 Å². The van der Waals surface area contributed by atoms with Crippen molar-refractivity contribution in [3.8, 4) is 5.75 Å². The number of aromatic nitrogens is 2. The summed E-state index contributed by atoms with van der Waals surface area (Å²) in [6.45, 7) is 6.52. The molecule has 130 valence electrons. The molecule has 6 heteroatoms. The summed E-state index contributed by atoms with van der Waals surface area (Å²) < 4.78 is 7.58. The predicted octanol–water partition coefficient (Wildman–Crippen LogP) is 2.43. The van der Waals surface area contributed by atoms with Crippen LogP contribution in [0.4, 0.5) is 0 Å². The second kappa shape index (κ2) is 9.60. The van der Waals surface area contributed by atoms with E-state index in [1.807, 2.05) is 42.9 Å². The van der Waals surface area contributed by atoms with Crippen molar-refractivity contribution >= 4 is 5.96 Å². The van der Waals surface area contributed by atoms with Crippen molar-refractivity contribution < 1.29 is 4.74 Å². The first kappa shape index (κ1) is 17.8. The van der Waals surface area contributed by atoms with Crippen molar-refractivity contribution in [1.29, 1.82) is 0 Å². The van der Waals surface area contributed by atoms with Gasteiger partial charge in [-0.2, -0.15) is 5.10 Å². The number of hydrogen-bond acceptors (Lipinski definition) is 3. The highest BCUT2D eigenvalue weighted by molar-refractivity contribution is 5.79. The molecular formula is C18H27N5O. The molecule has 0 radical (unpaired) electrons. The smallest absolute Gasteiger partial charge is 0.191 e. The van der Waals surface area contributed by atoms with Crippen molar-refractivity contribution in [3.63, 3.8) is 0 Å². The molecule has 2 aromatic rings. The number of aliphatic imine (C=N–C) groups is 1. The summed E-state index contributed by atoms with van der Waals surface area (Å²) in [7, 11) is 1.78. The molecule has 2 rings (SSSR count). The van der Waals surface area contributed by atoms with Gasteiger partial charge in [0.15, 0.2) is 5.96 Å². The molecule has 1 aromatic carbocycles. The molecule has 1 heterocycles. The molecule has 24 heavy (non-hydrogen) atoms. The number of ether oxygens (including phenoxy) is 1. The normalized spacial score (nSPS) is 11.6. The Morgan fingerprint density at radius 1 is 1.25 bits per heavy atom. The molecule has 0 aliphatic heterocycles. The van der Waals surface area contributed by atoms with E-state index in [0.717, 1.165) is 37.8 Å². The van der Waals surface area contributed by atoms with E-state index in [2.05, 4.69) is 32.9 Å². The third-order valence-corrected chi connectivity index (χ3v) is 3.39. The quantitative estimate of drug-likeness (QED) is 0.443. The van der Waals surface area contributed by atoms with Gasteiger partial charge in [-0.25, -0.2) is 0 Å². The minimum Gasteiger partial charge on any atom is -0.491 e. The van der Waals surface area contributed by atoms with Crippen LogP contribution in [0.5, 0.6) is 5.75 Å². The number of hydrogen-bond donors (Lipinski definition) is 2. The van der Waals surface area contributed by atoms with Crippen LogP contribution in [0.3, 0.4) is 0 Å². The maximum absolute atomic E-state index is 5.65. The summed E-state index contributed by atoms with van der Waals surface area (Å²) in [5.41, 5.74) is 1.19. The number of benzene rings is 1. The molecule has 0 saturated heterocycles. The molecule has 2 N–H and O–H groups in total. The van der Waals surface area contributed by atoms with Crippen LogP contribution in [0.15, 0.2) is 47.7 Å². The van der Waals surface area contributed by atoms with E-state index < -0.39 is 0 Å². The van der Waals surface area contributed by atoms with Crippen LogP contribution in [-0.4, -0.2) is 35.4 Å². The summed E-state index contributed by atoms with van der Waals surface area (Å²) in [6.07, 6.45) is 4.95. The van der Waals surface area contributed by atoms with Gasteiger partial charge in [-0.3, -0.25) is 9.67 Å². The summed E-state index contributed by atoms with van der Waals surface area (Å²) in [4.78, 5) is 4.24. The molecule has 0 aliphatic rings. The first-order valence-electron chi connectivity index (χ1n) is 8.35. The minimum absolute atomic E-state index is 0.193. The van der Waals surface area contributed by atoms with Crippen molar-refractivity contribution in [2.45, 2.75) is 39.5 Å². The van der Waals surface area contributed by atoms with Crippen molar-refractivity contribution in [2.75, 3.05) is 13.6 Å². The zero-order chi connectivity index (χ0) is 17.2. The number of nitrogens with zero attached hydrogens (tertiary/aromatic N) is 3. The van der Waals surface area contributed by atoms with Crippen LogP contribution in [-0.2, 0) is 13.1 Å². The topological polar surface area (TPSA) is 63.5 Å². The molecule has 0 aliphatic carbocycles. The Bertz CT molecular complexity index is 605. The SMILES string of the molecule is CN=C(NCCCn1cccn1)NCc1ccc(OC(C)C)cc1. The fourth-order valence-electron chi connectivity index (χ4n) is 2.25. The van der Waals surface area contributed by atoms with Crippen LogP contribution in [0.1, 0.15) is 25.8 Å². The fourth-order valence-corrected chi connectivity index (χ4v) is 2.25. The van der Waals surface area contributed by atoms with Crippen molar-refractivity contribution in [3.05, 3.63) is 48.3 Å². The first-order chi connectivity index (χ1) is 11.7. The van der Waals surface area contributed by atoms with Crippen molar-refractivity contribution in [2.24, 2.45) is 4.99 Å². The lowest BCUT2D eigenvalue weighted by Crippen LogP contribution is -2.37. The van der Waals surface area contributed by atoms with Crippen LogP contribution < -0.4 is 15.4 Å². The molecule has 0 bridgehead atoms. The minimum atomic E-state index is 0.193. The monoisotopic (exact) mass is 329 g/mol. The zero-order valence-corrected chi connectivity index (χ0v) is 14.7. The Morgan fingerprint density at radius 3 is 2.67 bits per heavy atom. The van der Waals surface area contributed by atoms with Crippen LogP contribution in [0.2, 0.25) is 0 Å².